The molecule has 2 amide bonds. The number of ether oxygens (including phenoxy) is 1. The van der Waals surface area contributed by atoms with Gasteiger partial charge in [0, 0.05) is 45.7 Å². The molecule has 2 aromatic carbocycles. The van der Waals surface area contributed by atoms with Crippen molar-refractivity contribution in [1.29, 1.82) is 0 Å². The standard InChI is InChI=1S/C23H18BrCl2N3O3/c24-10-19(30)28-23(12-27-11-16(23)14-6-5-13(25)9-17(14)26)7-2-8-29-21(31)20-15-3-1-4-18(20)32-22(15)29/h1,3-6,9,11-12,22H,2,7-8,10H2,(H,28,30). The van der Waals surface area contributed by atoms with Crippen LogP contribution in [-0.4, -0.2) is 40.3 Å². The normalized spacial score (nSPS) is 22.3. The van der Waals surface area contributed by atoms with Gasteiger partial charge in [0.05, 0.1) is 10.9 Å². The lowest BCUT2D eigenvalue weighted by Crippen LogP contribution is -2.50. The third kappa shape index (κ3) is 3.43. The summed E-state index contributed by atoms with van der Waals surface area (Å²) in [6.07, 6.45) is 4.22. The maximum absolute atomic E-state index is 12.8. The zero-order valence-electron chi connectivity index (χ0n) is 16.8. The zero-order valence-corrected chi connectivity index (χ0v) is 19.9. The molecule has 3 aliphatic heterocycles. The fourth-order valence-electron chi connectivity index (χ4n) is 4.58. The zero-order chi connectivity index (χ0) is 22.5. The van der Waals surface area contributed by atoms with E-state index in [0.29, 0.717) is 40.7 Å². The van der Waals surface area contributed by atoms with Gasteiger partial charge < -0.3 is 10.1 Å². The van der Waals surface area contributed by atoms with E-state index in [-0.39, 0.29) is 23.4 Å². The van der Waals surface area contributed by atoms with E-state index in [2.05, 4.69) is 26.2 Å². The van der Waals surface area contributed by atoms with Crippen molar-refractivity contribution < 1.29 is 14.3 Å². The summed E-state index contributed by atoms with van der Waals surface area (Å²) in [6.45, 7) is 0.485. The predicted molar refractivity (Wildman–Crippen MR) is 128 cm³/mol. The third-order valence-electron chi connectivity index (χ3n) is 5.98. The Labute approximate surface area is 203 Å². The Morgan fingerprint density at radius 2 is 2.12 bits per heavy atom. The van der Waals surface area contributed by atoms with Gasteiger partial charge in [-0.15, -0.1) is 0 Å². The second-order valence-corrected chi connectivity index (χ2v) is 9.30. The van der Waals surface area contributed by atoms with Crippen LogP contribution in [0.4, 0.5) is 0 Å². The molecule has 0 saturated carbocycles. The molecule has 0 fully saturated rings. The van der Waals surface area contributed by atoms with Gasteiger partial charge in [0.25, 0.3) is 5.91 Å². The number of hydrogen-bond acceptors (Lipinski definition) is 4. The molecule has 0 saturated heterocycles. The maximum atomic E-state index is 12.8. The first-order chi connectivity index (χ1) is 15.4. The Morgan fingerprint density at radius 1 is 1.28 bits per heavy atom. The lowest BCUT2D eigenvalue weighted by atomic mass is 9.83. The summed E-state index contributed by atoms with van der Waals surface area (Å²) in [5.74, 6) is 0.466. The molecule has 9 heteroatoms. The van der Waals surface area contributed by atoms with Crippen LogP contribution in [0.25, 0.3) is 5.57 Å². The summed E-state index contributed by atoms with van der Waals surface area (Å²) in [5.41, 5.74) is 2.28. The average Bonchev–Trinajstić information content (AvgIpc) is 3.35. The first-order valence-electron chi connectivity index (χ1n) is 10.1. The second-order valence-electron chi connectivity index (χ2n) is 7.89. The Kier molecular flexibility index (Phi) is 5.51. The first kappa shape index (κ1) is 21.5. The highest BCUT2D eigenvalue weighted by Gasteiger charge is 2.46. The Bertz CT molecular complexity index is 1200. The molecule has 0 spiro atoms. The molecule has 2 atom stereocenters. The molecule has 4 bridgehead atoms. The Balaban J connectivity index is 1.37. The number of alkyl halides is 1. The van der Waals surface area contributed by atoms with Crippen LogP contribution in [0, 0.1) is 0 Å². The van der Waals surface area contributed by atoms with Crippen molar-refractivity contribution in [2.75, 3.05) is 11.9 Å². The monoisotopic (exact) mass is 533 g/mol. The van der Waals surface area contributed by atoms with Gasteiger partial charge >= 0.3 is 0 Å². The number of carbonyl (C=O) groups is 2. The molecule has 0 radical (unpaired) electrons. The summed E-state index contributed by atoms with van der Waals surface area (Å²) in [4.78, 5) is 31.3. The smallest absolute Gasteiger partial charge is 0.261 e. The van der Waals surface area contributed by atoms with Gasteiger partial charge in [-0.2, -0.15) is 0 Å². The fourth-order valence-corrected chi connectivity index (χ4v) is 5.23. The van der Waals surface area contributed by atoms with Crippen molar-refractivity contribution in [2.24, 2.45) is 4.99 Å². The minimum absolute atomic E-state index is 0.0120. The number of nitrogens with zero attached hydrogens (tertiary/aromatic N) is 2. The van der Waals surface area contributed by atoms with Crippen LogP contribution in [0.15, 0.2) is 47.6 Å². The second kappa shape index (κ2) is 8.21. The Morgan fingerprint density at radius 3 is 2.88 bits per heavy atom. The maximum Gasteiger partial charge on any atom is 0.261 e. The molecule has 2 unspecified atom stereocenters. The van der Waals surface area contributed by atoms with Crippen molar-refractivity contribution in [3.05, 3.63) is 69.3 Å². The van der Waals surface area contributed by atoms with Gasteiger partial charge in [-0.1, -0.05) is 57.3 Å². The lowest BCUT2D eigenvalue weighted by Gasteiger charge is -2.33. The molecule has 5 rings (SSSR count). The van der Waals surface area contributed by atoms with E-state index >= 15 is 0 Å². The highest BCUT2D eigenvalue weighted by molar-refractivity contribution is 9.09. The lowest BCUT2D eigenvalue weighted by molar-refractivity contribution is -0.119. The number of halogens is 3. The number of carbonyl (C=O) groups excluding carboxylic acids is 2. The molecule has 2 aromatic rings. The van der Waals surface area contributed by atoms with Gasteiger partial charge in [0.2, 0.25) is 12.1 Å². The molecule has 0 aromatic heterocycles. The van der Waals surface area contributed by atoms with E-state index < -0.39 is 5.54 Å². The number of hydrogen-bond donors (Lipinski definition) is 1. The topological polar surface area (TPSA) is 71.0 Å². The summed E-state index contributed by atoms with van der Waals surface area (Å²) in [5, 5.41) is 4.24. The van der Waals surface area contributed by atoms with Crippen LogP contribution in [0.5, 0.6) is 5.75 Å². The summed E-state index contributed by atoms with van der Waals surface area (Å²) >= 11 is 15.8. The molecule has 164 valence electrons. The largest absolute Gasteiger partial charge is 0.465 e. The van der Waals surface area contributed by atoms with Crippen LogP contribution < -0.4 is 10.1 Å². The summed E-state index contributed by atoms with van der Waals surface area (Å²) in [6, 6.07) is 10.9. The van der Waals surface area contributed by atoms with Crippen molar-refractivity contribution in [3.63, 3.8) is 0 Å². The van der Waals surface area contributed by atoms with Crippen LogP contribution >= 0.6 is 39.1 Å². The minimum atomic E-state index is -0.844. The van der Waals surface area contributed by atoms with Gasteiger partial charge in [-0.05, 0) is 31.0 Å². The number of amides is 2. The van der Waals surface area contributed by atoms with E-state index in [4.69, 9.17) is 27.9 Å². The van der Waals surface area contributed by atoms with Crippen LogP contribution in [0.2, 0.25) is 10.0 Å². The van der Waals surface area contributed by atoms with E-state index in [1.165, 1.54) is 0 Å². The number of nitrogens with one attached hydrogen (secondary N) is 1. The summed E-state index contributed by atoms with van der Waals surface area (Å²) < 4.78 is 5.90. The van der Waals surface area contributed by atoms with Crippen molar-refractivity contribution in [3.8, 4) is 5.75 Å². The van der Waals surface area contributed by atoms with Gasteiger partial charge in [-0.3, -0.25) is 19.5 Å². The minimum Gasteiger partial charge on any atom is -0.465 e. The fraction of sp³-hybridized carbons (Fsp3) is 0.261. The molecule has 3 heterocycles. The molecular formula is C23H18BrCl2N3O3. The summed E-state index contributed by atoms with van der Waals surface area (Å²) in [7, 11) is 0. The highest BCUT2D eigenvalue weighted by Crippen LogP contribution is 2.47. The average molecular weight is 535 g/mol. The highest BCUT2D eigenvalue weighted by atomic mass is 79.9. The predicted octanol–water partition coefficient (Wildman–Crippen LogP) is 5.00. The van der Waals surface area contributed by atoms with Crippen LogP contribution in [0.3, 0.4) is 0 Å². The molecule has 1 N–H and O–H groups in total. The van der Waals surface area contributed by atoms with E-state index in [1.54, 1.807) is 29.4 Å². The molecule has 3 aliphatic rings. The number of benzene rings is 2. The van der Waals surface area contributed by atoms with Gasteiger partial charge in [0.15, 0.2) is 0 Å². The molecule has 32 heavy (non-hydrogen) atoms. The van der Waals surface area contributed by atoms with E-state index in [1.807, 2.05) is 24.3 Å². The number of aliphatic imine (C=N–C) groups is 1. The molecule has 6 nitrogen and oxygen atoms in total. The quantitative estimate of drug-likeness (QED) is 0.508. The van der Waals surface area contributed by atoms with Crippen molar-refractivity contribution >= 4 is 62.7 Å². The van der Waals surface area contributed by atoms with Crippen LogP contribution in [-0.2, 0) is 4.79 Å². The van der Waals surface area contributed by atoms with Crippen molar-refractivity contribution in [2.45, 2.75) is 24.6 Å². The van der Waals surface area contributed by atoms with Gasteiger partial charge in [-0.25, -0.2) is 0 Å². The van der Waals surface area contributed by atoms with E-state index in [0.717, 1.165) is 16.7 Å². The van der Waals surface area contributed by atoms with E-state index in [9.17, 15) is 9.59 Å². The first-order valence-corrected chi connectivity index (χ1v) is 12.0. The molecular weight excluding hydrogens is 517 g/mol. The van der Waals surface area contributed by atoms with Crippen LogP contribution in [0.1, 0.15) is 40.6 Å². The molecule has 0 aliphatic carbocycles. The SMILES string of the molecule is O=C(CBr)NC1(CCCN2C(=O)c3c4cccc3C2O4)C=NC=C1c1ccc(Cl)cc1Cl. The van der Waals surface area contributed by atoms with Gasteiger partial charge in [0.1, 0.15) is 11.3 Å². The van der Waals surface area contributed by atoms with Crippen molar-refractivity contribution in [1.82, 2.24) is 10.2 Å². The Hall–Kier alpha value is -2.35. The third-order valence-corrected chi connectivity index (χ3v) is 7.03. The number of rotatable bonds is 7.